The Balaban J connectivity index is 1.83. The summed E-state index contributed by atoms with van der Waals surface area (Å²) >= 11 is 25.6. The van der Waals surface area contributed by atoms with E-state index in [1.54, 1.807) is 72.8 Å². The molecule has 0 aromatic heterocycles. The molecule has 3 nitrogen and oxygen atoms in total. The summed E-state index contributed by atoms with van der Waals surface area (Å²) in [6.45, 7) is 0. The summed E-state index contributed by atoms with van der Waals surface area (Å²) in [5, 5.41) is 1.54. The van der Waals surface area contributed by atoms with Crippen LogP contribution in [0.15, 0.2) is 72.8 Å². The lowest BCUT2D eigenvalue weighted by molar-refractivity contribution is 0.103. The molecule has 0 amide bonds. The number of hydrogen-bond acceptors (Lipinski definition) is 3. The van der Waals surface area contributed by atoms with Crippen molar-refractivity contribution in [3.05, 3.63) is 104 Å². The van der Waals surface area contributed by atoms with E-state index in [4.69, 9.17) is 57.9 Å². The molecule has 4 aromatic carbocycles. The lowest BCUT2D eigenvalue weighted by Crippen LogP contribution is -2.05. The van der Waals surface area contributed by atoms with Crippen molar-refractivity contribution in [2.24, 2.45) is 0 Å². The summed E-state index contributed by atoms with van der Waals surface area (Å²) in [6, 6.07) is 20.5. The lowest BCUT2D eigenvalue weighted by Gasteiger charge is -2.14. The highest BCUT2D eigenvalue weighted by Gasteiger charge is 2.21. The Hall–Kier alpha value is -2.69. The monoisotopic (exact) mass is 500 g/mol. The molecule has 0 saturated heterocycles. The number of carbonyl (C=O) groups excluding carboxylic acids is 1. The maximum atomic E-state index is 13.5. The van der Waals surface area contributed by atoms with E-state index >= 15 is 0 Å². The first-order valence-electron chi connectivity index (χ1n) is 9.50. The normalized spacial score (nSPS) is 10.9. The lowest BCUT2D eigenvalue weighted by atomic mass is 9.94. The number of hydrogen-bond donors (Lipinski definition) is 2. The van der Waals surface area contributed by atoms with E-state index in [-0.39, 0.29) is 15.8 Å². The molecule has 0 spiro atoms. The molecule has 0 unspecified atom stereocenters. The van der Waals surface area contributed by atoms with Gasteiger partial charge in [0.15, 0.2) is 5.78 Å². The minimum atomic E-state index is -0.329. The van der Waals surface area contributed by atoms with Crippen molar-refractivity contribution >= 4 is 63.6 Å². The molecule has 4 aromatic rings. The van der Waals surface area contributed by atoms with Crippen molar-refractivity contribution < 1.29 is 4.79 Å². The van der Waals surface area contributed by atoms with Crippen LogP contribution in [0.3, 0.4) is 0 Å². The smallest absolute Gasteiger partial charge is 0.196 e. The molecule has 0 aliphatic rings. The highest BCUT2D eigenvalue weighted by atomic mass is 35.5. The number of nitrogens with two attached hydrogens (primary N) is 2. The van der Waals surface area contributed by atoms with Crippen LogP contribution in [0.25, 0.3) is 22.3 Å². The van der Waals surface area contributed by atoms with E-state index in [2.05, 4.69) is 0 Å². The zero-order valence-electron chi connectivity index (χ0n) is 16.5. The van der Waals surface area contributed by atoms with E-state index in [1.165, 1.54) is 0 Å². The van der Waals surface area contributed by atoms with E-state index in [0.717, 1.165) is 0 Å². The molecule has 4 rings (SSSR count). The molecular formula is C25H16Cl4N2O. The van der Waals surface area contributed by atoms with Crippen LogP contribution in [0, 0.1) is 0 Å². The van der Waals surface area contributed by atoms with Crippen LogP contribution in [0.5, 0.6) is 0 Å². The summed E-state index contributed by atoms with van der Waals surface area (Å²) in [6.07, 6.45) is 0. The first-order valence-corrected chi connectivity index (χ1v) is 11.0. The fourth-order valence-corrected chi connectivity index (χ4v) is 4.47. The van der Waals surface area contributed by atoms with Gasteiger partial charge >= 0.3 is 0 Å². The van der Waals surface area contributed by atoms with Gasteiger partial charge in [0.1, 0.15) is 0 Å². The molecule has 0 heterocycles. The van der Waals surface area contributed by atoms with Crippen molar-refractivity contribution in [1.29, 1.82) is 0 Å². The number of nitrogen functional groups attached to an aromatic ring is 2. The van der Waals surface area contributed by atoms with Crippen LogP contribution in [-0.2, 0) is 0 Å². The van der Waals surface area contributed by atoms with Gasteiger partial charge in [-0.05, 0) is 48.5 Å². The number of rotatable bonds is 4. The first-order chi connectivity index (χ1) is 15.3. The Morgan fingerprint density at radius 3 is 1.38 bits per heavy atom. The summed E-state index contributed by atoms with van der Waals surface area (Å²) in [5.41, 5.74) is 16.3. The molecule has 0 aliphatic heterocycles. The SMILES string of the molecule is Nc1ccc(Cl)cc1-c1cccc(C(=O)c2cccc(-c3cc(Cl)ccc3N)c2Cl)c1Cl. The van der Waals surface area contributed by atoms with Crippen LogP contribution < -0.4 is 11.5 Å². The van der Waals surface area contributed by atoms with Gasteiger partial charge in [-0.25, -0.2) is 0 Å². The minimum Gasteiger partial charge on any atom is -0.398 e. The van der Waals surface area contributed by atoms with E-state index in [9.17, 15) is 4.79 Å². The second-order valence-corrected chi connectivity index (χ2v) is 8.76. The topological polar surface area (TPSA) is 69.1 Å². The van der Waals surface area contributed by atoms with Crippen LogP contribution in [0.2, 0.25) is 20.1 Å². The predicted octanol–water partition coefficient (Wildman–Crippen LogP) is 8.03. The highest BCUT2D eigenvalue weighted by Crippen LogP contribution is 2.39. The summed E-state index contributed by atoms with van der Waals surface area (Å²) in [7, 11) is 0. The van der Waals surface area contributed by atoms with Crippen LogP contribution in [0.4, 0.5) is 11.4 Å². The molecule has 0 fully saturated rings. The van der Waals surface area contributed by atoms with Crippen molar-refractivity contribution in [3.63, 3.8) is 0 Å². The summed E-state index contributed by atoms with van der Waals surface area (Å²) in [5.74, 6) is -0.329. The zero-order chi connectivity index (χ0) is 23.0. The molecule has 0 bridgehead atoms. The number of anilines is 2. The molecule has 0 saturated carbocycles. The van der Waals surface area contributed by atoms with Crippen LogP contribution in [0.1, 0.15) is 15.9 Å². The van der Waals surface area contributed by atoms with Crippen molar-refractivity contribution in [3.8, 4) is 22.3 Å². The van der Waals surface area contributed by atoms with Crippen molar-refractivity contribution in [2.75, 3.05) is 11.5 Å². The molecule has 0 aliphatic carbocycles. The third kappa shape index (κ3) is 4.17. The summed E-state index contributed by atoms with van der Waals surface area (Å²) < 4.78 is 0. The highest BCUT2D eigenvalue weighted by molar-refractivity contribution is 6.41. The fraction of sp³-hybridized carbons (Fsp3) is 0. The van der Waals surface area contributed by atoms with Crippen molar-refractivity contribution in [1.82, 2.24) is 0 Å². The van der Waals surface area contributed by atoms with Crippen LogP contribution >= 0.6 is 46.4 Å². The molecule has 0 atom stereocenters. The van der Waals surface area contributed by atoms with Gasteiger partial charge in [-0.15, -0.1) is 0 Å². The van der Waals surface area contributed by atoms with E-state index in [0.29, 0.717) is 54.8 Å². The largest absolute Gasteiger partial charge is 0.398 e. The second kappa shape index (κ2) is 9.05. The fourth-order valence-electron chi connectivity index (χ4n) is 3.50. The second-order valence-electron chi connectivity index (χ2n) is 7.13. The van der Waals surface area contributed by atoms with Gasteiger partial charge in [0.2, 0.25) is 0 Å². The average Bonchev–Trinajstić information content (AvgIpc) is 2.77. The van der Waals surface area contributed by atoms with Gasteiger partial charge in [-0.3, -0.25) is 4.79 Å². The first kappa shape index (κ1) is 22.5. The Morgan fingerprint density at radius 1 is 0.562 bits per heavy atom. The third-order valence-corrected chi connectivity index (χ3v) is 6.38. The Kier molecular flexibility index (Phi) is 6.36. The zero-order valence-corrected chi connectivity index (χ0v) is 19.5. The molecule has 7 heteroatoms. The van der Waals surface area contributed by atoms with Gasteiger partial charge in [-0.2, -0.15) is 0 Å². The van der Waals surface area contributed by atoms with Gasteiger partial charge in [-0.1, -0.05) is 70.7 Å². The maximum Gasteiger partial charge on any atom is 0.196 e. The maximum absolute atomic E-state index is 13.5. The number of halogens is 4. The molecule has 160 valence electrons. The number of carbonyl (C=O) groups is 1. The number of benzene rings is 4. The van der Waals surface area contributed by atoms with Gasteiger partial charge in [0.25, 0.3) is 0 Å². The Labute approximate surface area is 205 Å². The standard InChI is InChI=1S/C25H16Cl4N2O/c26-13-7-9-21(30)19(11-13)15-3-1-5-17(23(15)28)25(32)18-6-2-4-16(24(18)29)20-12-14(27)8-10-22(20)31/h1-12H,30-31H2. The third-order valence-electron chi connectivity index (χ3n) is 5.10. The quantitative estimate of drug-likeness (QED) is 0.219. The molecular weight excluding hydrogens is 486 g/mol. The average molecular weight is 502 g/mol. The van der Waals surface area contributed by atoms with Crippen molar-refractivity contribution in [2.45, 2.75) is 0 Å². The van der Waals surface area contributed by atoms with Crippen LogP contribution in [-0.4, -0.2) is 5.78 Å². The predicted molar refractivity (Wildman–Crippen MR) is 136 cm³/mol. The summed E-state index contributed by atoms with van der Waals surface area (Å²) in [4.78, 5) is 13.5. The van der Waals surface area contributed by atoms with E-state index < -0.39 is 0 Å². The van der Waals surface area contributed by atoms with Gasteiger partial charge < -0.3 is 11.5 Å². The molecule has 4 N–H and O–H groups in total. The minimum absolute atomic E-state index is 0.259. The molecule has 0 radical (unpaired) electrons. The Bertz CT molecular complexity index is 1270. The van der Waals surface area contributed by atoms with Gasteiger partial charge in [0.05, 0.1) is 10.0 Å². The Morgan fingerprint density at radius 2 is 0.969 bits per heavy atom. The van der Waals surface area contributed by atoms with Gasteiger partial charge in [0, 0.05) is 54.8 Å². The number of ketones is 1. The van der Waals surface area contributed by atoms with E-state index in [1.807, 2.05) is 0 Å². The molecule has 32 heavy (non-hydrogen) atoms.